The number of ether oxygens (including phenoxy) is 2. The predicted molar refractivity (Wildman–Crippen MR) is 55.1 cm³/mol. The van der Waals surface area contributed by atoms with E-state index in [4.69, 9.17) is 19.8 Å². The predicted octanol–water partition coefficient (Wildman–Crippen LogP) is 1.56. The van der Waals surface area contributed by atoms with Crippen molar-refractivity contribution in [2.24, 2.45) is 0 Å². The van der Waals surface area contributed by atoms with Gasteiger partial charge < -0.3 is 14.6 Å². The van der Waals surface area contributed by atoms with Crippen molar-refractivity contribution in [1.82, 2.24) is 0 Å². The van der Waals surface area contributed by atoms with Crippen LogP contribution in [0.5, 0.6) is 0 Å². The summed E-state index contributed by atoms with van der Waals surface area (Å²) in [6.07, 6.45) is 0.706. The summed E-state index contributed by atoms with van der Waals surface area (Å²) in [6.45, 7) is 7.25. The van der Waals surface area contributed by atoms with Crippen LogP contribution in [0.3, 0.4) is 0 Å². The quantitative estimate of drug-likeness (QED) is 0.247. The molecule has 0 aliphatic heterocycles. The minimum atomic E-state index is -0.264. The van der Waals surface area contributed by atoms with Crippen LogP contribution in [-0.4, -0.2) is 30.9 Å². The van der Waals surface area contributed by atoms with Crippen molar-refractivity contribution >= 4 is 6.29 Å². The van der Waals surface area contributed by atoms with E-state index in [-0.39, 0.29) is 18.1 Å². The van der Waals surface area contributed by atoms with Gasteiger partial charge in [-0.05, 0) is 20.8 Å². The van der Waals surface area contributed by atoms with E-state index in [0.717, 1.165) is 13.2 Å². The Morgan fingerprint density at radius 1 is 1.47 bits per heavy atom. The SMILES string of the molecule is CCOC(C)OCC.N#C/C(C=O)=C\O. The van der Waals surface area contributed by atoms with Crippen LogP contribution < -0.4 is 0 Å². The molecule has 5 nitrogen and oxygen atoms in total. The normalized spacial score (nSPS) is 10.2. The maximum Gasteiger partial charge on any atom is 0.163 e. The zero-order chi connectivity index (χ0) is 12.1. The molecule has 0 aromatic carbocycles. The molecule has 0 heterocycles. The molecule has 0 unspecified atom stereocenters. The van der Waals surface area contributed by atoms with Gasteiger partial charge >= 0.3 is 0 Å². The van der Waals surface area contributed by atoms with Gasteiger partial charge in [0.1, 0.15) is 17.9 Å². The molecule has 0 aliphatic carbocycles. The molecule has 0 saturated carbocycles. The summed E-state index contributed by atoms with van der Waals surface area (Å²) in [5.74, 6) is 0. The van der Waals surface area contributed by atoms with Crippen molar-refractivity contribution in [3.05, 3.63) is 11.8 Å². The van der Waals surface area contributed by atoms with Gasteiger partial charge in [-0.25, -0.2) is 0 Å². The van der Waals surface area contributed by atoms with Gasteiger partial charge in [0, 0.05) is 13.2 Å². The largest absolute Gasteiger partial charge is 0.514 e. The Labute approximate surface area is 89.9 Å². The first-order chi connectivity index (χ1) is 7.15. The maximum absolute atomic E-state index is 9.52. The van der Waals surface area contributed by atoms with E-state index in [1.807, 2.05) is 20.8 Å². The number of nitriles is 1. The van der Waals surface area contributed by atoms with Gasteiger partial charge in [-0.15, -0.1) is 0 Å². The summed E-state index contributed by atoms with van der Waals surface area (Å²) < 4.78 is 10.1. The Hall–Kier alpha value is -1.38. The Morgan fingerprint density at radius 3 is 2.07 bits per heavy atom. The number of nitrogens with zero attached hydrogens (tertiary/aromatic N) is 1. The van der Waals surface area contributed by atoms with Crippen molar-refractivity contribution in [2.45, 2.75) is 27.1 Å². The Bertz CT molecular complexity index is 214. The first-order valence-electron chi connectivity index (χ1n) is 4.59. The molecule has 0 radical (unpaired) electrons. The Kier molecular flexibility index (Phi) is 13.5. The smallest absolute Gasteiger partial charge is 0.163 e. The van der Waals surface area contributed by atoms with Crippen molar-refractivity contribution in [1.29, 1.82) is 5.26 Å². The second kappa shape index (κ2) is 12.6. The first-order valence-corrected chi connectivity index (χ1v) is 4.59. The van der Waals surface area contributed by atoms with Gasteiger partial charge in [-0.2, -0.15) is 5.26 Å². The van der Waals surface area contributed by atoms with Crippen molar-refractivity contribution < 1.29 is 19.4 Å². The summed E-state index contributed by atoms with van der Waals surface area (Å²) in [5, 5.41) is 15.7. The fourth-order valence-electron chi connectivity index (χ4n) is 0.603. The van der Waals surface area contributed by atoms with E-state index >= 15 is 0 Å². The lowest BCUT2D eigenvalue weighted by Crippen LogP contribution is -2.11. The third-order valence-electron chi connectivity index (χ3n) is 1.20. The molecule has 0 amide bonds. The zero-order valence-electron chi connectivity index (χ0n) is 9.27. The van der Waals surface area contributed by atoms with E-state index < -0.39 is 0 Å². The van der Waals surface area contributed by atoms with E-state index in [1.165, 1.54) is 6.07 Å². The topological polar surface area (TPSA) is 79.5 Å². The van der Waals surface area contributed by atoms with Crippen LogP contribution in [0.1, 0.15) is 20.8 Å². The highest BCUT2D eigenvalue weighted by Gasteiger charge is 1.94. The number of carbonyl (C=O) groups is 1. The average Bonchev–Trinajstić information content (AvgIpc) is 2.22. The molecule has 0 rings (SSSR count). The monoisotopic (exact) mass is 215 g/mol. The summed E-state index contributed by atoms with van der Waals surface area (Å²) in [5.41, 5.74) is -0.264. The standard InChI is InChI=1S/C6H14O2.C4H3NO2/c1-4-7-6(3)8-5-2;5-1-4(2-6)3-7/h6H,4-5H2,1-3H3;2-3,6H/b;4-2+. The molecular formula is C10H17NO4. The highest BCUT2D eigenvalue weighted by atomic mass is 16.7. The molecule has 0 aliphatic rings. The van der Waals surface area contributed by atoms with E-state index in [2.05, 4.69) is 0 Å². The molecule has 0 atom stereocenters. The van der Waals surface area contributed by atoms with Crippen LogP contribution in [0.2, 0.25) is 0 Å². The molecule has 0 fully saturated rings. The average molecular weight is 215 g/mol. The molecular weight excluding hydrogens is 198 g/mol. The second-order valence-electron chi connectivity index (χ2n) is 2.29. The summed E-state index contributed by atoms with van der Waals surface area (Å²) >= 11 is 0. The molecule has 0 aromatic heterocycles. The fraction of sp³-hybridized carbons (Fsp3) is 0.600. The molecule has 86 valence electrons. The second-order valence-corrected chi connectivity index (χ2v) is 2.29. The lowest BCUT2D eigenvalue weighted by molar-refractivity contribution is -0.123. The van der Waals surface area contributed by atoms with Crippen LogP contribution in [0.15, 0.2) is 11.8 Å². The zero-order valence-corrected chi connectivity index (χ0v) is 9.27. The van der Waals surface area contributed by atoms with Gasteiger partial charge in [-0.1, -0.05) is 0 Å². The highest BCUT2D eigenvalue weighted by molar-refractivity contribution is 5.78. The lowest BCUT2D eigenvalue weighted by Gasteiger charge is -2.09. The number of allylic oxidation sites excluding steroid dienone is 1. The molecule has 0 bridgehead atoms. The summed E-state index contributed by atoms with van der Waals surface area (Å²) in [7, 11) is 0. The molecule has 15 heavy (non-hydrogen) atoms. The van der Waals surface area contributed by atoms with E-state index in [0.29, 0.717) is 6.26 Å². The van der Waals surface area contributed by atoms with Gasteiger partial charge in [0.15, 0.2) is 12.6 Å². The number of hydrogen-bond acceptors (Lipinski definition) is 5. The van der Waals surface area contributed by atoms with Crippen LogP contribution in [0, 0.1) is 11.3 Å². The first kappa shape index (κ1) is 16.1. The minimum Gasteiger partial charge on any atom is -0.514 e. The van der Waals surface area contributed by atoms with Crippen LogP contribution in [0.4, 0.5) is 0 Å². The van der Waals surface area contributed by atoms with Gasteiger partial charge in [0.05, 0.1) is 0 Å². The molecule has 0 saturated heterocycles. The van der Waals surface area contributed by atoms with Crippen LogP contribution in [-0.2, 0) is 14.3 Å². The Morgan fingerprint density at radius 2 is 1.93 bits per heavy atom. The van der Waals surface area contributed by atoms with Crippen molar-refractivity contribution in [3.8, 4) is 6.07 Å². The van der Waals surface area contributed by atoms with E-state index in [9.17, 15) is 4.79 Å². The van der Waals surface area contributed by atoms with Gasteiger partial charge in [0.25, 0.3) is 0 Å². The number of aliphatic hydroxyl groups is 1. The van der Waals surface area contributed by atoms with Crippen LogP contribution in [0.25, 0.3) is 0 Å². The lowest BCUT2D eigenvalue weighted by atomic mass is 10.4. The number of hydrogen-bond donors (Lipinski definition) is 1. The highest BCUT2D eigenvalue weighted by Crippen LogP contribution is 1.90. The number of aldehydes is 1. The maximum atomic E-state index is 9.52. The summed E-state index contributed by atoms with van der Waals surface area (Å²) in [4.78, 5) is 9.52. The van der Waals surface area contributed by atoms with Crippen molar-refractivity contribution in [3.63, 3.8) is 0 Å². The third-order valence-corrected chi connectivity index (χ3v) is 1.20. The fourth-order valence-corrected chi connectivity index (χ4v) is 0.603. The van der Waals surface area contributed by atoms with E-state index in [1.54, 1.807) is 0 Å². The molecule has 0 aromatic rings. The minimum absolute atomic E-state index is 0.0370. The number of aliphatic hydroxyl groups excluding tert-OH is 1. The molecule has 0 spiro atoms. The molecule has 5 heteroatoms. The number of carbonyl (C=O) groups excluding carboxylic acids is 1. The van der Waals surface area contributed by atoms with Gasteiger partial charge in [-0.3, -0.25) is 4.79 Å². The molecule has 1 N–H and O–H groups in total. The van der Waals surface area contributed by atoms with Crippen molar-refractivity contribution in [2.75, 3.05) is 13.2 Å². The van der Waals surface area contributed by atoms with Gasteiger partial charge in [0.2, 0.25) is 0 Å². The number of rotatable bonds is 5. The third kappa shape index (κ3) is 12.6. The summed E-state index contributed by atoms with van der Waals surface area (Å²) in [6, 6.07) is 1.44. The Balaban J connectivity index is 0. The van der Waals surface area contributed by atoms with Crippen LogP contribution >= 0.6 is 0 Å².